The molecule has 20 heavy (non-hydrogen) atoms. The molecule has 3 atom stereocenters. The number of benzene rings is 1. The zero-order chi connectivity index (χ0) is 13.9. The molecule has 1 aliphatic heterocycles. The number of carbonyl (C=O) groups is 1. The molecule has 1 aromatic carbocycles. The Kier molecular flexibility index (Phi) is 4.06. The predicted octanol–water partition coefficient (Wildman–Crippen LogP) is 2.40. The van der Waals surface area contributed by atoms with Gasteiger partial charge in [-0.3, -0.25) is 4.79 Å². The maximum atomic E-state index is 12.4. The summed E-state index contributed by atoms with van der Waals surface area (Å²) < 4.78 is 0. The van der Waals surface area contributed by atoms with E-state index in [1.807, 2.05) is 0 Å². The lowest BCUT2D eigenvalue weighted by Crippen LogP contribution is -2.52. The van der Waals surface area contributed by atoms with Gasteiger partial charge in [-0.1, -0.05) is 44.0 Å². The minimum absolute atomic E-state index is 0.0703. The number of carbonyl (C=O) groups excluding carboxylic acids is 1. The minimum atomic E-state index is -0.0703. The highest BCUT2D eigenvalue weighted by Crippen LogP contribution is 2.24. The Morgan fingerprint density at radius 1 is 1.20 bits per heavy atom. The van der Waals surface area contributed by atoms with E-state index < -0.39 is 0 Å². The zero-order valence-corrected chi connectivity index (χ0v) is 12.2. The number of amides is 1. The van der Waals surface area contributed by atoms with E-state index in [1.54, 1.807) is 0 Å². The monoisotopic (exact) mass is 272 g/mol. The molecule has 1 amide bonds. The SMILES string of the molecule is CC1CCCCC1NC(=O)[C@@H]1Cc2ccccc2CN1. The molecule has 0 radical (unpaired) electrons. The first-order valence-electron chi connectivity index (χ1n) is 7.84. The van der Waals surface area contributed by atoms with Crippen molar-refractivity contribution < 1.29 is 4.79 Å². The third kappa shape index (κ3) is 2.88. The van der Waals surface area contributed by atoms with E-state index in [0.29, 0.717) is 12.0 Å². The van der Waals surface area contributed by atoms with Crippen molar-refractivity contribution in [1.82, 2.24) is 10.6 Å². The Morgan fingerprint density at radius 3 is 2.75 bits per heavy atom. The van der Waals surface area contributed by atoms with Gasteiger partial charge in [0.2, 0.25) is 5.91 Å². The van der Waals surface area contributed by atoms with Crippen molar-refractivity contribution in [2.24, 2.45) is 5.92 Å². The van der Waals surface area contributed by atoms with Crippen LogP contribution in [-0.4, -0.2) is 18.0 Å². The van der Waals surface area contributed by atoms with Gasteiger partial charge in [0.25, 0.3) is 0 Å². The Labute approximate surface area is 121 Å². The maximum absolute atomic E-state index is 12.4. The highest BCUT2D eigenvalue weighted by molar-refractivity contribution is 5.82. The average Bonchev–Trinajstić information content (AvgIpc) is 2.49. The predicted molar refractivity (Wildman–Crippen MR) is 80.3 cm³/mol. The lowest BCUT2D eigenvalue weighted by molar-refractivity contribution is -0.124. The maximum Gasteiger partial charge on any atom is 0.237 e. The van der Waals surface area contributed by atoms with E-state index in [-0.39, 0.29) is 11.9 Å². The first-order valence-corrected chi connectivity index (χ1v) is 7.84. The summed E-state index contributed by atoms with van der Waals surface area (Å²) in [4.78, 5) is 12.4. The van der Waals surface area contributed by atoms with E-state index in [4.69, 9.17) is 0 Å². The van der Waals surface area contributed by atoms with Crippen LogP contribution in [0.2, 0.25) is 0 Å². The van der Waals surface area contributed by atoms with Crippen LogP contribution in [0.5, 0.6) is 0 Å². The lowest BCUT2D eigenvalue weighted by Gasteiger charge is -2.32. The molecule has 3 heteroatoms. The molecule has 108 valence electrons. The van der Waals surface area contributed by atoms with Crippen LogP contribution in [-0.2, 0) is 17.8 Å². The van der Waals surface area contributed by atoms with Gasteiger partial charge >= 0.3 is 0 Å². The molecule has 1 aliphatic carbocycles. The number of hydrogen-bond donors (Lipinski definition) is 2. The third-order valence-electron chi connectivity index (χ3n) is 4.84. The summed E-state index contributed by atoms with van der Waals surface area (Å²) in [6.07, 6.45) is 5.74. The molecule has 1 aromatic rings. The lowest BCUT2D eigenvalue weighted by atomic mass is 9.85. The first-order chi connectivity index (χ1) is 9.74. The fraction of sp³-hybridized carbons (Fsp3) is 0.588. The molecule has 3 rings (SSSR count). The van der Waals surface area contributed by atoms with Gasteiger partial charge in [-0.25, -0.2) is 0 Å². The van der Waals surface area contributed by atoms with Gasteiger partial charge in [0, 0.05) is 12.6 Å². The quantitative estimate of drug-likeness (QED) is 0.868. The number of nitrogens with one attached hydrogen (secondary N) is 2. The fourth-order valence-electron chi connectivity index (χ4n) is 3.45. The van der Waals surface area contributed by atoms with Crippen LogP contribution in [0, 0.1) is 5.92 Å². The molecule has 0 aromatic heterocycles. The van der Waals surface area contributed by atoms with E-state index >= 15 is 0 Å². The minimum Gasteiger partial charge on any atom is -0.352 e. The molecule has 0 saturated heterocycles. The highest BCUT2D eigenvalue weighted by Gasteiger charge is 2.28. The van der Waals surface area contributed by atoms with Gasteiger partial charge in [0.1, 0.15) is 0 Å². The Hall–Kier alpha value is -1.35. The van der Waals surface area contributed by atoms with Crippen LogP contribution >= 0.6 is 0 Å². The Balaban J connectivity index is 1.61. The summed E-state index contributed by atoms with van der Waals surface area (Å²) in [6, 6.07) is 8.70. The highest BCUT2D eigenvalue weighted by atomic mass is 16.2. The van der Waals surface area contributed by atoms with Gasteiger partial charge in [-0.05, 0) is 36.3 Å². The van der Waals surface area contributed by atoms with E-state index in [0.717, 1.165) is 19.4 Å². The summed E-state index contributed by atoms with van der Waals surface area (Å²) in [6.45, 7) is 3.06. The zero-order valence-electron chi connectivity index (χ0n) is 12.2. The van der Waals surface area contributed by atoms with Crippen LogP contribution in [0.4, 0.5) is 0 Å². The van der Waals surface area contributed by atoms with Gasteiger partial charge in [0.15, 0.2) is 0 Å². The van der Waals surface area contributed by atoms with Crippen molar-refractivity contribution >= 4 is 5.91 Å². The molecule has 0 bridgehead atoms. The molecule has 1 saturated carbocycles. The molecule has 2 unspecified atom stereocenters. The number of rotatable bonds is 2. The van der Waals surface area contributed by atoms with Gasteiger partial charge in [-0.2, -0.15) is 0 Å². The van der Waals surface area contributed by atoms with Crippen molar-refractivity contribution in [1.29, 1.82) is 0 Å². The second kappa shape index (κ2) is 5.96. The molecular weight excluding hydrogens is 248 g/mol. The van der Waals surface area contributed by atoms with Crippen molar-refractivity contribution in [3.05, 3.63) is 35.4 Å². The molecule has 0 spiro atoms. The molecule has 1 fully saturated rings. The summed E-state index contributed by atoms with van der Waals surface area (Å²) >= 11 is 0. The Morgan fingerprint density at radius 2 is 1.95 bits per heavy atom. The molecule has 1 heterocycles. The van der Waals surface area contributed by atoms with Crippen molar-refractivity contribution in [3.63, 3.8) is 0 Å². The summed E-state index contributed by atoms with van der Waals surface area (Å²) in [5, 5.41) is 6.64. The van der Waals surface area contributed by atoms with Crippen LogP contribution in [0.1, 0.15) is 43.7 Å². The fourth-order valence-corrected chi connectivity index (χ4v) is 3.45. The number of fused-ring (bicyclic) bond motifs is 1. The molecule has 3 nitrogen and oxygen atoms in total. The molecule has 2 N–H and O–H groups in total. The van der Waals surface area contributed by atoms with Crippen molar-refractivity contribution in [3.8, 4) is 0 Å². The third-order valence-corrected chi connectivity index (χ3v) is 4.84. The van der Waals surface area contributed by atoms with Gasteiger partial charge in [0.05, 0.1) is 6.04 Å². The first kappa shape index (κ1) is 13.6. The van der Waals surface area contributed by atoms with Gasteiger partial charge < -0.3 is 10.6 Å². The smallest absolute Gasteiger partial charge is 0.237 e. The standard InChI is InChI=1S/C17H24N2O/c1-12-6-2-5-9-15(12)19-17(20)16-10-13-7-3-4-8-14(13)11-18-16/h3-4,7-8,12,15-16,18H,2,5-6,9-11H2,1H3,(H,19,20)/t12?,15?,16-/m0/s1. The molecular formula is C17H24N2O. The average molecular weight is 272 g/mol. The summed E-state index contributed by atoms with van der Waals surface area (Å²) in [5.74, 6) is 0.793. The van der Waals surface area contributed by atoms with Gasteiger partial charge in [-0.15, -0.1) is 0 Å². The summed E-state index contributed by atoms with van der Waals surface area (Å²) in [7, 11) is 0. The topological polar surface area (TPSA) is 41.1 Å². The van der Waals surface area contributed by atoms with Crippen LogP contribution in [0.3, 0.4) is 0 Å². The van der Waals surface area contributed by atoms with E-state index in [1.165, 1.54) is 30.4 Å². The second-order valence-corrected chi connectivity index (χ2v) is 6.28. The van der Waals surface area contributed by atoms with Crippen molar-refractivity contribution in [2.75, 3.05) is 0 Å². The molecule has 2 aliphatic rings. The Bertz CT molecular complexity index is 486. The number of hydrogen-bond acceptors (Lipinski definition) is 2. The van der Waals surface area contributed by atoms with E-state index in [2.05, 4.69) is 41.8 Å². The normalized spacial score (nSPS) is 29.6. The van der Waals surface area contributed by atoms with E-state index in [9.17, 15) is 4.79 Å². The van der Waals surface area contributed by atoms with Crippen LogP contribution in [0.15, 0.2) is 24.3 Å². The van der Waals surface area contributed by atoms with Crippen molar-refractivity contribution in [2.45, 2.75) is 57.7 Å². The largest absolute Gasteiger partial charge is 0.352 e. The van der Waals surface area contributed by atoms with Crippen LogP contribution < -0.4 is 10.6 Å². The van der Waals surface area contributed by atoms with Crippen LogP contribution in [0.25, 0.3) is 0 Å². The summed E-state index contributed by atoms with van der Waals surface area (Å²) in [5.41, 5.74) is 2.63. The second-order valence-electron chi connectivity index (χ2n) is 6.28.